The molecule has 0 amide bonds. The molecule has 0 aliphatic rings. The fourth-order valence-electron chi connectivity index (χ4n) is 1.65. The van der Waals surface area contributed by atoms with Crippen molar-refractivity contribution in [3.05, 3.63) is 0 Å². The largest absolute Gasteiger partial charge is 0.392 e. The SMILES string of the molecule is CCC(C)C(O)CN(C)CC(C)(C)C. The van der Waals surface area contributed by atoms with Crippen molar-refractivity contribution in [1.29, 1.82) is 0 Å². The predicted molar refractivity (Wildman–Crippen MR) is 62.4 cm³/mol. The summed E-state index contributed by atoms with van der Waals surface area (Å²) in [5, 5.41) is 9.84. The Morgan fingerprint density at radius 2 is 1.79 bits per heavy atom. The van der Waals surface area contributed by atoms with Crippen molar-refractivity contribution in [3.8, 4) is 0 Å². The van der Waals surface area contributed by atoms with Crippen LogP contribution in [0.3, 0.4) is 0 Å². The summed E-state index contributed by atoms with van der Waals surface area (Å²) in [5.41, 5.74) is 0.309. The quantitative estimate of drug-likeness (QED) is 0.738. The molecule has 86 valence electrons. The summed E-state index contributed by atoms with van der Waals surface area (Å²) >= 11 is 0. The first-order valence-electron chi connectivity index (χ1n) is 5.63. The van der Waals surface area contributed by atoms with Crippen LogP contribution in [0.4, 0.5) is 0 Å². The summed E-state index contributed by atoms with van der Waals surface area (Å²) in [7, 11) is 2.08. The van der Waals surface area contributed by atoms with E-state index in [4.69, 9.17) is 0 Å². The van der Waals surface area contributed by atoms with Gasteiger partial charge >= 0.3 is 0 Å². The van der Waals surface area contributed by atoms with Gasteiger partial charge in [-0.05, 0) is 18.4 Å². The highest BCUT2D eigenvalue weighted by Crippen LogP contribution is 2.15. The van der Waals surface area contributed by atoms with E-state index in [1.165, 1.54) is 0 Å². The zero-order chi connectivity index (χ0) is 11.4. The number of nitrogens with zero attached hydrogens (tertiary/aromatic N) is 1. The van der Waals surface area contributed by atoms with Crippen LogP contribution >= 0.6 is 0 Å². The Labute approximate surface area is 89.3 Å². The van der Waals surface area contributed by atoms with Gasteiger partial charge in [-0.3, -0.25) is 0 Å². The highest BCUT2D eigenvalue weighted by Gasteiger charge is 2.18. The summed E-state index contributed by atoms with van der Waals surface area (Å²) in [6.07, 6.45) is 0.859. The molecular weight excluding hydrogens is 174 g/mol. The van der Waals surface area contributed by atoms with Crippen LogP contribution in [0.25, 0.3) is 0 Å². The Hall–Kier alpha value is -0.0800. The van der Waals surface area contributed by atoms with Gasteiger partial charge < -0.3 is 10.0 Å². The molecule has 1 N–H and O–H groups in total. The Morgan fingerprint density at radius 1 is 1.29 bits per heavy atom. The van der Waals surface area contributed by atoms with Gasteiger partial charge in [-0.25, -0.2) is 0 Å². The lowest BCUT2D eigenvalue weighted by atomic mass is 9.95. The molecule has 0 heterocycles. The average molecular weight is 201 g/mol. The lowest BCUT2D eigenvalue weighted by Gasteiger charge is -2.29. The number of likely N-dealkylation sites (N-methyl/N-ethyl adjacent to an activating group) is 1. The van der Waals surface area contributed by atoms with Crippen LogP contribution < -0.4 is 0 Å². The molecule has 0 fully saturated rings. The van der Waals surface area contributed by atoms with E-state index >= 15 is 0 Å². The van der Waals surface area contributed by atoms with Crippen molar-refractivity contribution in [2.75, 3.05) is 20.1 Å². The minimum atomic E-state index is -0.188. The van der Waals surface area contributed by atoms with Gasteiger partial charge in [-0.15, -0.1) is 0 Å². The van der Waals surface area contributed by atoms with Crippen LogP contribution in [0.2, 0.25) is 0 Å². The van der Waals surface area contributed by atoms with Crippen molar-refractivity contribution in [2.24, 2.45) is 11.3 Å². The first-order valence-corrected chi connectivity index (χ1v) is 5.63. The number of hydrogen-bond donors (Lipinski definition) is 1. The molecule has 0 saturated heterocycles. The minimum absolute atomic E-state index is 0.188. The van der Waals surface area contributed by atoms with E-state index in [1.54, 1.807) is 0 Å². The first kappa shape index (κ1) is 13.9. The minimum Gasteiger partial charge on any atom is -0.392 e. The van der Waals surface area contributed by atoms with E-state index in [-0.39, 0.29) is 6.10 Å². The molecule has 2 nitrogen and oxygen atoms in total. The molecule has 0 aliphatic carbocycles. The molecule has 0 saturated carbocycles. The van der Waals surface area contributed by atoms with E-state index in [0.717, 1.165) is 19.5 Å². The third-order valence-electron chi connectivity index (χ3n) is 2.54. The Balaban J connectivity index is 3.88. The lowest BCUT2D eigenvalue weighted by molar-refractivity contribution is 0.0668. The Morgan fingerprint density at radius 3 is 2.14 bits per heavy atom. The molecule has 14 heavy (non-hydrogen) atoms. The maximum absolute atomic E-state index is 9.84. The molecule has 0 aromatic heterocycles. The van der Waals surface area contributed by atoms with Crippen LogP contribution in [-0.4, -0.2) is 36.2 Å². The molecular formula is C12H27NO. The second-order valence-corrected chi connectivity index (χ2v) is 5.71. The van der Waals surface area contributed by atoms with Gasteiger partial charge in [0.25, 0.3) is 0 Å². The predicted octanol–water partition coefficient (Wildman–Crippen LogP) is 2.37. The number of rotatable bonds is 5. The van der Waals surface area contributed by atoms with Gasteiger partial charge in [0.05, 0.1) is 6.10 Å². The van der Waals surface area contributed by atoms with Crippen molar-refractivity contribution in [2.45, 2.75) is 47.1 Å². The van der Waals surface area contributed by atoms with Crippen LogP contribution in [0, 0.1) is 11.3 Å². The van der Waals surface area contributed by atoms with E-state index in [9.17, 15) is 5.11 Å². The van der Waals surface area contributed by atoms with E-state index < -0.39 is 0 Å². The van der Waals surface area contributed by atoms with Crippen LogP contribution in [-0.2, 0) is 0 Å². The molecule has 0 bridgehead atoms. The summed E-state index contributed by atoms with van der Waals surface area (Å²) in [5.74, 6) is 0.400. The lowest BCUT2D eigenvalue weighted by Crippen LogP contribution is -2.37. The Bertz CT molecular complexity index is 151. The fraction of sp³-hybridized carbons (Fsp3) is 1.00. The maximum atomic E-state index is 9.84. The fourth-order valence-corrected chi connectivity index (χ4v) is 1.65. The molecule has 0 aromatic carbocycles. The molecule has 0 aromatic rings. The monoisotopic (exact) mass is 201 g/mol. The van der Waals surface area contributed by atoms with E-state index in [0.29, 0.717) is 11.3 Å². The molecule has 0 spiro atoms. The van der Waals surface area contributed by atoms with Gasteiger partial charge in [0.2, 0.25) is 0 Å². The summed E-state index contributed by atoms with van der Waals surface area (Å²) in [6.45, 7) is 12.7. The zero-order valence-corrected chi connectivity index (χ0v) is 10.7. The van der Waals surface area contributed by atoms with Crippen LogP contribution in [0.15, 0.2) is 0 Å². The number of aliphatic hydroxyl groups excluding tert-OH is 1. The van der Waals surface area contributed by atoms with Gasteiger partial charge in [0, 0.05) is 13.1 Å². The normalized spacial score (nSPS) is 17.1. The summed E-state index contributed by atoms with van der Waals surface area (Å²) in [4.78, 5) is 2.22. The standard InChI is InChI=1S/C12H27NO/c1-7-10(2)11(14)8-13(6)9-12(3,4)5/h10-11,14H,7-9H2,1-6H3. The maximum Gasteiger partial charge on any atom is 0.0692 e. The Kier molecular flexibility index (Phi) is 5.68. The van der Waals surface area contributed by atoms with Crippen molar-refractivity contribution in [3.63, 3.8) is 0 Å². The van der Waals surface area contributed by atoms with Gasteiger partial charge in [0.1, 0.15) is 0 Å². The average Bonchev–Trinajstić information content (AvgIpc) is 1.99. The smallest absolute Gasteiger partial charge is 0.0692 e. The topological polar surface area (TPSA) is 23.5 Å². The molecule has 0 radical (unpaired) electrons. The first-order chi connectivity index (χ1) is 6.26. The second kappa shape index (κ2) is 5.72. The van der Waals surface area contributed by atoms with Crippen molar-refractivity contribution >= 4 is 0 Å². The number of hydrogen-bond acceptors (Lipinski definition) is 2. The molecule has 0 aliphatic heterocycles. The third kappa shape index (κ3) is 6.39. The summed E-state index contributed by atoms with van der Waals surface area (Å²) < 4.78 is 0. The second-order valence-electron chi connectivity index (χ2n) is 5.71. The zero-order valence-electron chi connectivity index (χ0n) is 10.7. The molecule has 2 heteroatoms. The highest BCUT2D eigenvalue weighted by atomic mass is 16.3. The van der Waals surface area contributed by atoms with Crippen molar-refractivity contribution < 1.29 is 5.11 Å². The molecule has 2 atom stereocenters. The van der Waals surface area contributed by atoms with Gasteiger partial charge in [-0.1, -0.05) is 41.0 Å². The van der Waals surface area contributed by atoms with Crippen LogP contribution in [0.5, 0.6) is 0 Å². The molecule has 0 rings (SSSR count). The van der Waals surface area contributed by atoms with Gasteiger partial charge in [0.15, 0.2) is 0 Å². The molecule has 2 unspecified atom stereocenters. The van der Waals surface area contributed by atoms with E-state index in [1.807, 2.05) is 0 Å². The van der Waals surface area contributed by atoms with Gasteiger partial charge in [-0.2, -0.15) is 0 Å². The van der Waals surface area contributed by atoms with Crippen molar-refractivity contribution in [1.82, 2.24) is 4.90 Å². The highest BCUT2D eigenvalue weighted by molar-refractivity contribution is 4.71. The number of aliphatic hydroxyl groups is 1. The van der Waals surface area contributed by atoms with E-state index in [2.05, 4.69) is 46.6 Å². The van der Waals surface area contributed by atoms with Crippen LogP contribution in [0.1, 0.15) is 41.0 Å². The third-order valence-corrected chi connectivity index (χ3v) is 2.54. The summed E-state index contributed by atoms with van der Waals surface area (Å²) in [6, 6.07) is 0.